The predicted molar refractivity (Wildman–Crippen MR) is 95.4 cm³/mol. The Balaban J connectivity index is 1.52. The van der Waals surface area contributed by atoms with Crippen LogP contribution in [0, 0.1) is 0 Å². The van der Waals surface area contributed by atoms with Gasteiger partial charge in [0.1, 0.15) is 0 Å². The molecule has 0 atom stereocenters. The number of H-pyrrole nitrogens is 1. The maximum atomic E-state index is 12.4. The molecule has 1 amide bonds. The van der Waals surface area contributed by atoms with Gasteiger partial charge in [-0.1, -0.05) is 29.8 Å². The second kappa shape index (κ2) is 7.67. The molecule has 0 radical (unpaired) electrons. The van der Waals surface area contributed by atoms with Crippen LogP contribution in [0.2, 0.25) is 5.02 Å². The van der Waals surface area contributed by atoms with Crippen LogP contribution in [0.5, 0.6) is 0 Å². The molecular weight excluding hydrogens is 324 g/mol. The first kappa shape index (κ1) is 16.8. The first-order chi connectivity index (χ1) is 11.6. The second-order valence-corrected chi connectivity index (χ2v) is 6.64. The normalized spacial score (nSPS) is 15.5. The van der Waals surface area contributed by atoms with Crippen molar-refractivity contribution in [3.05, 3.63) is 69.1 Å². The van der Waals surface area contributed by atoms with Gasteiger partial charge in [0, 0.05) is 36.8 Å². The third-order valence-electron chi connectivity index (χ3n) is 4.68. The summed E-state index contributed by atoms with van der Waals surface area (Å²) >= 11 is 6.14. The van der Waals surface area contributed by atoms with E-state index in [0.29, 0.717) is 18.8 Å². The van der Waals surface area contributed by atoms with Crippen molar-refractivity contribution in [1.82, 2.24) is 9.88 Å². The lowest BCUT2D eigenvalue weighted by Crippen LogP contribution is -2.38. The summed E-state index contributed by atoms with van der Waals surface area (Å²) in [5, 5.41) is 0.721. The zero-order valence-corrected chi connectivity index (χ0v) is 14.3. The van der Waals surface area contributed by atoms with Crippen LogP contribution in [-0.2, 0) is 11.2 Å². The first-order valence-corrected chi connectivity index (χ1v) is 8.71. The van der Waals surface area contributed by atoms with Gasteiger partial charge in [0.25, 0.3) is 0 Å². The molecule has 1 aliphatic heterocycles. The van der Waals surface area contributed by atoms with E-state index in [1.165, 1.54) is 0 Å². The molecule has 1 aromatic carbocycles. The molecule has 4 nitrogen and oxygen atoms in total. The number of hydrogen-bond acceptors (Lipinski definition) is 2. The molecule has 0 bridgehead atoms. The van der Waals surface area contributed by atoms with Gasteiger partial charge in [-0.25, -0.2) is 0 Å². The van der Waals surface area contributed by atoms with E-state index in [1.807, 2.05) is 35.2 Å². The van der Waals surface area contributed by atoms with Gasteiger partial charge in [0.15, 0.2) is 0 Å². The van der Waals surface area contributed by atoms with Gasteiger partial charge in [-0.3, -0.25) is 9.59 Å². The number of amides is 1. The summed E-state index contributed by atoms with van der Waals surface area (Å²) in [6, 6.07) is 11.3. The summed E-state index contributed by atoms with van der Waals surface area (Å²) in [6.07, 6.45) is 4.66. The SMILES string of the molecule is O=C(CCc1ccccc1Cl)N1CCC(c2cc[nH]c(=O)c2)CC1. The summed E-state index contributed by atoms with van der Waals surface area (Å²) in [6.45, 7) is 1.50. The van der Waals surface area contributed by atoms with Gasteiger partial charge in [-0.15, -0.1) is 0 Å². The molecule has 2 aromatic rings. The van der Waals surface area contributed by atoms with Crippen molar-refractivity contribution >= 4 is 17.5 Å². The fraction of sp³-hybridized carbons (Fsp3) is 0.368. The molecule has 1 fully saturated rings. The molecule has 0 aliphatic carbocycles. The van der Waals surface area contributed by atoms with Crippen molar-refractivity contribution < 1.29 is 4.79 Å². The van der Waals surface area contributed by atoms with E-state index in [-0.39, 0.29) is 11.5 Å². The minimum absolute atomic E-state index is 0.0641. The largest absolute Gasteiger partial charge is 0.343 e. The number of piperidine rings is 1. The number of pyridine rings is 1. The number of rotatable bonds is 4. The Morgan fingerprint density at radius 3 is 2.67 bits per heavy atom. The monoisotopic (exact) mass is 344 g/mol. The van der Waals surface area contributed by atoms with Crippen molar-refractivity contribution in [1.29, 1.82) is 0 Å². The van der Waals surface area contributed by atoms with Crippen LogP contribution in [-0.4, -0.2) is 28.9 Å². The van der Waals surface area contributed by atoms with E-state index in [4.69, 9.17) is 11.6 Å². The molecule has 126 valence electrons. The fourth-order valence-electron chi connectivity index (χ4n) is 3.28. The smallest absolute Gasteiger partial charge is 0.248 e. The number of carbonyl (C=O) groups excluding carboxylic acids is 1. The number of nitrogens with one attached hydrogen (secondary N) is 1. The van der Waals surface area contributed by atoms with Gasteiger partial charge in [-0.2, -0.15) is 0 Å². The number of hydrogen-bond donors (Lipinski definition) is 1. The summed E-state index contributed by atoms with van der Waals surface area (Å²) in [7, 11) is 0. The molecule has 5 heteroatoms. The standard InChI is InChI=1S/C19H21ClN2O2/c20-17-4-2-1-3-15(17)5-6-19(24)22-11-8-14(9-12-22)16-7-10-21-18(23)13-16/h1-4,7,10,13-14H,5-6,8-9,11-12H2,(H,21,23). The van der Waals surface area contributed by atoms with Crippen LogP contribution >= 0.6 is 11.6 Å². The average molecular weight is 345 g/mol. The average Bonchev–Trinajstić information content (AvgIpc) is 2.61. The Labute approximate surface area is 146 Å². The van der Waals surface area contributed by atoms with Crippen molar-refractivity contribution in [2.24, 2.45) is 0 Å². The number of carbonyl (C=O) groups is 1. The molecular formula is C19H21ClN2O2. The number of likely N-dealkylation sites (tertiary alicyclic amines) is 1. The highest BCUT2D eigenvalue weighted by molar-refractivity contribution is 6.31. The van der Waals surface area contributed by atoms with Crippen molar-refractivity contribution in [2.75, 3.05) is 13.1 Å². The van der Waals surface area contributed by atoms with Crippen LogP contribution < -0.4 is 5.56 Å². The molecule has 3 rings (SSSR count). The zero-order valence-electron chi connectivity index (χ0n) is 13.5. The van der Waals surface area contributed by atoms with Crippen LogP contribution in [0.15, 0.2) is 47.4 Å². The third-order valence-corrected chi connectivity index (χ3v) is 5.05. The summed E-state index contributed by atoms with van der Waals surface area (Å²) in [4.78, 5) is 28.4. The molecule has 1 aromatic heterocycles. The number of aryl methyl sites for hydroxylation is 1. The highest BCUT2D eigenvalue weighted by Gasteiger charge is 2.23. The Morgan fingerprint density at radius 1 is 1.21 bits per heavy atom. The van der Waals surface area contributed by atoms with Gasteiger partial charge in [0.2, 0.25) is 11.5 Å². The third kappa shape index (κ3) is 4.06. The minimum atomic E-state index is -0.0641. The Hall–Kier alpha value is -2.07. The molecule has 24 heavy (non-hydrogen) atoms. The van der Waals surface area contributed by atoms with Crippen molar-refractivity contribution in [3.63, 3.8) is 0 Å². The molecule has 2 heterocycles. The number of nitrogens with zero attached hydrogens (tertiary/aromatic N) is 1. The number of benzene rings is 1. The highest BCUT2D eigenvalue weighted by atomic mass is 35.5. The summed E-state index contributed by atoms with van der Waals surface area (Å²) < 4.78 is 0. The second-order valence-electron chi connectivity index (χ2n) is 6.23. The van der Waals surface area contributed by atoms with Gasteiger partial charge >= 0.3 is 0 Å². The summed E-state index contributed by atoms with van der Waals surface area (Å²) in [5.74, 6) is 0.541. The van der Waals surface area contributed by atoms with Gasteiger partial charge in [-0.05, 0) is 48.4 Å². The van der Waals surface area contributed by atoms with Crippen molar-refractivity contribution in [2.45, 2.75) is 31.6 Å². The lowest BCUT2D eigenvalue weighted by molar-refractivity contribution is -0.132. The minimum Gasteiger partial charge on any atom is -0.343 e. The maximum Gasteiger partial charge on any atom is 0.248 e. The molecule has 0 spiro atoms. The number of halogens is 1. The molecule has 1 saturated heterocycles. The molecule has 0 saturated carbocycles. The topological polar surface area (TPSA) is 53.2 Å². The predicted octanol–water partition coefficient (Wildman–Crippen LogP) is 3.37. The maximum absolute atomic E-state index is 12.4. The van der Waals surface area contributed by atoms with E-state index >= 15 is 0 Å². The van der Waals surface area contributed by atoms with E-state index in [9.17, 15) is 9.59 Å². The van der Waals surface area contributed by atoms with E-state index in [1.54, 1.807) is 12.3 Å². The first-order valence-electron chi connectivity index (χ1n) is 8.33. The Kier molecular flexibility index (Phi) is 5.36. The van der Waals surface area contributed by atoms with Crippen molar-refractivity contribution in [3.8, 4) is 0 Å². The van der Waals surface area contributed by atoms with E-state index in [0.717, 1.165) is 42.1 Å². The zero-order chi connectivity index (χ0) is 16.9. The van der Waals surface area contributed by atoms with Gasteiger partial charge < -0.3 is 9.88 Å². The molecule has 1 aliphatic rings. The lowest BCUT2D eigenvalue weighted by Gasteiger charge is -2.32. The van der Waals surface area contributed by atoms with E-state index in [2.05, 4.69) is 4.98 Å². The van der Waals surface area contributed by atoms with E-state index < -0.39 is 0 Å². The summed E-state index contributed by atoms with van der Waals surface area (Å²) in [5.41, 5.74) is 2.03. The Bertz CT molecular complexity index is 764. The van der Waals surface area contributed by atoms with Gasteiger partial charge in [0.05, 0.1) is 0 Å². The van der Waals surface area contributed by atoms with Crippen LogP contribution in [0.25, 0.3) is 0 Å². The van der Waals surface area contributed by atoms with Crippen LogP contribution in [0.1, 0.15) is 36.3 Å². The molecule has 1 N–H and O–H groups in total. The van der Waals surface area contributed by atoms with Crippen LogP contribution in [0.4, 0.5) is 0 Å². The number of aromatic amines is 1. The quantitative estimate of drug-likeness (QED) is 0.924. The highest BCUT2D eigenvalue weighted by Crippen LogP contribution is 2.27. The van der Waals surface area contributed by atoms with Crippen LogP contribution in [0.3, 0.4) is 0 Å². The lowest BCUT2D eigenvalue weighted by atomic mass is 9.90. The number of aromatic nitrogens is 1. The fourth-order valence-corrected chi connectivity index (χ4v) is 3.51. The molecule has 0 unspecified atom stereocenters. The Morgan fingerprint density at radius 2 is 1.96 bits per heavy atom.